The fourth-order valence-electron chi connectivity index (χ4n) is 3.56. The van der Waals surface area contributed by atoms with Crippen LogP contribution in [0, 0.1) is 0 Å². The van der Waals surface area contributed by atoms with Crippen LogP contribution in [0.4, 0.5) is 0 Å². The Hall–Kier alpha value is -0.720. The van der Waals surface area contributed by atoms with Crippen molar-refractivity contribution in [2.45, 2.75) is 39.0 Å². The number of halogens is 1. The Morgan fingerprint density at radius 2 is 0.604 bits per heavy atom. The molecule has 0 bridgehead atoms. The van der Waals surface area contributed by atoms with Gasteiger partial charge in [0.2, 0.25) is 0 Å². The summed E-state index contributed by atoms with van der Waals surface area (Å²) < 4.78 is 70.3. The first-order valence-electron chi connectivity index (χ1n) is 17.5. The quantitative estimate of drug-likeness (QED) is 0.0519. The zero-order chi connectivity index (χ0) is 34.7. The van der Waals surface area contributed by atoms with E-state index in [1.165, 1.54) is 6.42 Å². The predicted octanol–water partition coefficient (Wildman–Crippen LogP) is 2.94. The maximum absolute atomic E-state index is 11.2. The van der Waals surface area contributed by atoms with Crippen molar-refractivity contribution in [3.05, 3.63) is 0 Å². The first-order chi connectivity index (χ1) is 23.8. The molecule has 0 radical (unpaired) electrons. The minimum absolute atomic E-state index is 0.251. The second-order valence-corrected chi connectivity index (χ2v) is 10.4. The minimum atomic E-state index is -0.251. The molecule has 0 aliphatic heterocycles. The van der Waals surface area contributed by atoms with Crippen molar-refractivity contribution in [1.29, 1.82) is 0 Å². The SMILES string of the molecule is CCOC(=O)CCOCCOCCOCCOCCOCCOCCOCCOCCOCCOCCOCCOCCCCCCCl. The van der Waals surface area contributed by atoms with Gasteiger partial charge in [-0.05, 0) is 19.8 Å². The summed E-state index contributed by atoms with van der Waals surface area (Å²) in [5.74, 6) is 0.490. The fraction of sp³-hybridized carbons (Fsp3) is 0.970. The van der Waals surface area contributed by atoms with Gasteiger partial charge < -0.3 is 61.6 Å². The zero-order valence-corrected chi connectivity index (χ0v) is 30.3. The van der Waals surface area contributed by atoms with Crippen molar-refractivity contribution < 1.29 is 66.4 Å². The summed E-state index contributed by atoms with van der Waals surface area (Å²) >= 11 is 5.65. The Balaban J connectivity index is 3.06. The van der Waals surface area contributed by atoms with E-state index in [9.17, 15) is 4.79 Å². The highest BCUT2D eigenvalue weighted by Gasteiger charge is 2.01. The second-order valence-electron chi connectivity index (χ2n) is 10.0. The number of ether oxygens (including phenoxy) is 13. The highest BCUT2D eigenvalue weighted by atomic mass is 35.5. The molecule has 0 aromatic heterocycles. The summed E-state index contributed by atoms with van der Waals surface area (Å²) in [5.41, 5.74) is 0. The van der Waals surface area contributed by atoms with Crippen LogP contribution in [0.25, 0.3) is 0 Å². The lowest BCUT2D eigenvalue weighted by molar-refractivity contribution is -0.144. The van der Waals surface area contributed by atoms with Crippen LogP contribution in [-0.4, -0.2) is 177 Å². The molecule has 0 saturated carbocycles. The Morgan fingerprint density at radius 3 is 0.875 bits per heavy atom. The monoisotopic (exact) mass is 720 g/mol. The van der Waals surface area contributed by atoms with Crippen LogP contribution in [0.5, 0.6) is 0 Å². The lowest BCUT2D eigenvalue weighted by atomic mass is 10.2. The molecule has 0 N–H and O–H groups in total. The fourth-order valence-corrected chi connectivity index (χ4v) is 3.75. The first-order valence-corrected chi connectivity index (χ1v) is 18.0. The van der Waals surface area contributed by atoms with E-state index >= 15 is 0 Å². The maximum Gasteiger partial charge on any atom is 0.308 e. The number of unbranched alkanes of at least 4 members (excludes halogenated alkanes) is 3. The highest BCUT2D eigenvalue weighted by molar-refractivity contribution is 6.17. The topological polar surface area (TPSA) is 137 Å². The van der Waals surface area contributed by atoms with Crippen molar-refractivity contribution in [3.8, 4) is 0 Å². The van der Waals surface area contributed by atoms with Crippen molar-refractivity contribution >= 4 is 17.6 Å². The Labute approximate surface area is 293 Å². The van der Waals surface area contributed by atoms with E-state index in [1.807, 2.05) is 0 Å². The number of alkyl halides is 1. The third kappa shape index (κ3) is 43.3. The Bertz CT molecular complexity index is 609. The molecular weight excluding hydrogens is 656 g/mol. The van der Waals surface area contributed by atoms with E-state index in [-0.39, 0.29) is 12.4 Å². The third-order valence-electron chi connectivity index (χ3n) is 6.02. The number of rotatable bonds is 43. The van der Waals surface area contributed by atoms with Crippen LogP contribution in [-0.2, 0) is 66.4 Å². The van der Waals surface area contributed by atoms with E-state index in [2.05, 4.69) is 0 Å². The van der Waals surface area contributed by atoms with Gasteiger partial charge in [0.25, 0.3) is 0 Å². The van der Waals surface area contributed by atoms with Crippen LogP contribution in [0.2, 0.25) is 0 Å². The molecule has 0 amide bonds. The van der Waals surface area contributed by atoms with E-state index in [0.29, 0.717) is 159 Å². The van der Waals surface area contributed by atoms with Gasteiger partial charge >= 0.3 is 5.97 Å². The summed E-state index contributed by atoms with van der Waals surface area (Å²) in [7, 11) is 0. The van der Waals surface area contributed by atoms with Gasteiger partial charge in [-0.1, -0.05) is 12.8 Å². The molecule has 0 rings (SSSR count). The van der Waals surface area contributed by atoms with Gasteiger partial charge in [0.15, 0.2) is 0 Å². The summed E-state index contributed by atoms with van der Waals surface area (Å²) in [6.07, 6.45) is 4.74. The van der Waals surface area contributed by atoms with Crippen LogP contribution in [0.15, 0.2) is 0 Å². The second kappa shape index (κ2) is 44.3. The number of hydrogen-bond donors (Lipinski definition) is 0. The molecule has 0 unspecified atom stereocenters. The van der Waals surface area contributed by atoms with Gasteiger partial charge in [-0.2, -0.15) is 0 Å². The smallest absolute Gasteiger partial charge is 0.308 e. The lowest BCUT2D eigenvalue weighted by Gasteiger charge is -2.09. The standard InChI is InChI=1S/C33H65ClO14/c1-2-48-33(35)7-10-37-12-14-39-16-18-41-20-22-43-24-26-45-28-30-47-32-31-46-29-27-44-25-23-42-21-19-40-17-15-38-13-11-36-9-6-4-3-5-8-34/h2-32H2,1H3. The van der Waals surface area contributed by atoms with Crippen molar-refractivity contribution in [3.63, 3.8) is 0 Å². The minimum Gasteiger partial charge on any atom is -0.466 e. The molecule has 0 fully saturated rings. The van der Waals surface area contributed by atoms with Crippen LogP contribution < -0.4 is 0 Å². The Kier molecular flexibility index (Phi) is 43.6. The molecule has 15 heteroatoms. The highest BCUT2D eigenvalue weighted by Crippen LogP contribution is 2.01. The van der Waals surface area contributed by atoms with Gasteiger partial charge in [-0.25, -0.2) is 0 Å². The number of esters is 1. The third-order valence-corrected chi connectivity index (χ3v) is 6.29. The molecular formula is C33H65ClO14. The van der Waals surface area contributed by atoms with Crippen molar-refractivity contribution in [2.24, 2.45) is 0 Å². The van der Waals surface area contributed by atoms with Crippen LogP contribution >= 0.6 is 11.6 Å². The molecule has 14 nitrogen and oxygen atoms in total. The maximum atomic E-state index is 11.2. The molecule has 0 aliphatic rings. The first kappa shape index (κ1) is 47.3. The number of carbonyl (C=O) groups excluding carboxylic acids is 1. The van der Waals surface area contributed by atoms with Gasteiger partial charge in [-0.3, -0.25) is 4.79 Å². The normalized spacial score (nSPS) is 11.5. The molecule has 0 aliphatic carbocycles. The van der Waals surface area contributed by atoms with Gasteiger partial charge in [0.1, 0.15) is 0 Å². The summed E-state index contributed by atoms with van der Waals surface area (Å²) in [4.78, 5) is 11.2. The summed E-state index contributed by atoms with van der Waals surface area (Å²) in [6.45, 7) is 14.5. The largest absolute Gasteiger partial charge is 0.466 e. The molecule has 0 spiro atoms. The van der Waals surface area contributed by atoms with Crippen molar-refractivity contribution in [1.82, 2.24) is 0 Å². The lowest BCUT2D eigenvalue weighted by Crippen LogP contribution is -2.15. The molecule has 0 aromatic rings. The zero-order valence-electron chi connectivity index (χ0n) is 29.5. The van der Waals surface area contributed by atoms with Gasteiger partial charge in [0.05, 0.1) is 165 Å². The Morgan fingerprint density at radius 1 is 0.354 bits per heavy atom. The van der Waals surface area contributed by atoms with Crippen LogP contribution in [0.3, 0.4) is 0 Å². The average molecular weight is 721 g/mol. The van der Waals surface area contributed by atoms with E-state index < -0.39 is 0 Å². The van der Waals surface area contributed by atoms with E-state index in [0.717, 1.165) is 31.7 Å². The summed E-state index contributed by atoms with van der Waals surface area (Å²) in [6, 6.07) is 0. The number of carbonyl (C=O) groups is 1. The summed E-state index contributed by atoms with van der Waals surface area (Å²) in [5, 5.41) is 0. The molecule has 0 atom stereocenters. The molecule has 0 heterocycles. The van der Waals surface area contributed by atoms with E-state index in [4.69, 9.17) is 73.2 Å². The molecule has 48 heavy (non-hydrogen) atoms. The van der Waals surface area contributed by atoms with Gasteiger partial charge in [-0.15, -0.1) is 11.6 Å². The van der Waals surface area contributed by atoms with E-state index in [1.54, 1.807) is 6.92 Å². The number of hydrogen-bond acceptors (Lipinski definition) is 14. The average Bonchev–Trinajstić information content (AvgIpc) is 3.09. The molecule has 288 valence electrons. The van der Waals surface area contributed by atoms with Crippen molar-refractivity contribution in [2.75, 3.05) is 171 Å². The molecule has 0 saturated heterocycles. The van der Waals surface area contributed by atoms with Crippen LogP contribution in [0.1, 0.15) is 39.0 Å². The predicted molar refractivity (Wildman–Crippen MR) is 180 cm³/mol. The van der Waals surface area contributed by atoms with Gasteiger partial charge in [0, 0.05) is 12.5 Å². The molecule has 0 aromatic carbocycles.